The molecule has 0 saturated heterocycles. The van der Waals surface area contributed by atoms with Gasteiger partial charge in [-0.05, 0) is 43.9 Å². The maximum absolute atomic E-state index is 10.8. The summed E-state index contributed by atoms with van der Waals surface area (Å²) in [6, 6.07) is 7.31. The van der Waals surface area contributed by atoms with Crippen molar-refractivity contribution in [3.63, 3.8) is 0 Å². The molecule has 0 aliphatic rings. The van der Waals surface area contributed by atoms with Crippen LogP contribution in [0, 0.1) is 5.92 Å². The molecular formula is C14H21NO2. The molecule has 1 aromatic carbocycles. The minimum atomic E-state index is -0.886. The Hall–Kier alpha value is -1.51. The van der Waals surface area contributed by atoms with E-state index < -0.39 is 5.97 Å². The third kappa shape index (κ3) is 4.89. The lowest BCUT2D eigenvalue weighted by molar-refractivity contribution is 0.0697. The summed E-state index contributed by atoms with van der Waals surface area (Å²) in [5.74, 6) is -0.187. The number of hydrogen-bond acceptors (Lipinski definition) is 2. The summed E-state index contributed by atoms with van der Waals surface area (Å²) in [4.78, 5) is 10.8. The molecule has 17 heavy (non-hydrogen) atoms. The Bertz CT molecular complexity index is 374. The third-order valence-corrected chi connectivity index (χ3v) is 2.70. The Morgan fingerprint density at radius 3 is 2.59 bits per heavy atom. The Morgan fingerprint density at radius 2 is 2.00 bits per heavy atom. The first-order valence-electron chi connectivity index (χ1n) is 6.09. The van der Waals surface area contributed by atoms with Gasteiger partial charge in [-0.25, -0.2) is 4.79 Å². The van der Waals surface area contributed by atoms with Crippen LogP contribution >= 0.6 is 0 Å². The highest BCUT2D eigenvalue weighted by molar-refractivity contribution is 5.88. The normalized spacial score (nSPS) is 12.5. The molecule has 0 aliphatic heterocycles. The number of carbonyl (C=O) groups is 1. The van der Waals surface area contributed by atoms with Crippen molar-refractivity contribution in [1.82, 2.24) is 0 Å². The summed E-state index contributed by atoms with van der Waals surface area (Å²) in [6.45, 7) is 6.53. The lowest BCUT2D eigenvalue weighted by Gasteiger charge is -2.16. The summed E-state index contributed by atoms with van der Waals surface area (Å²) >= 11 is 0. The lowest BCUT2D eigenvalue weighted by atomic mass is 10.0. The van der Waals surface area contributed by atoms with Crippen LogP contribution in [0.3, 0.4) is 0 Å². The number of carboxylic acids is 1. The van der Waals surface area contributed by atoms with Gasteiger partial charge in [0.1, 0.15) is 0 Å². The van der Waals surface area contributed by atoms with E-state index in [1.807, 2.05) is 6.07 Å². The van der Waals surface area contributed by atoms with Crippen molar-refractivity contribution < 1.29 is 9.90 Å². The van der Waals surface area contributed by atoms with Gasteiger partial charge in [0.25, 0.3) is 0 Å². The largest absolute Gasteiger partial charge is 0.478 e. The molecule has 0 bridgehead atoms. The van der Waals surface area contributed by atoms with Gasteiger partial charge in [0.05, 0.1) is 5.56 Å². The van der Waals surface area contributed by atoms with Crippen LogP contribution in [0.4, 0.5) is 5.69 Å². The van der Waals surface area contributed by atoms with Gasteiger partial charge < -0.3 is 10.4 Å². The van der Waals surface area contributed by atoms with Crippen molar-refractivity contribution in [1.29, 1.82) is 0 Å². The van der Waals surface area contributed by atoms with Gasteiger partial charge in [-0.2, -0.15) is 0 Å². The van der Waals surface area contributed by atoms with E-state index in [0.29, 0.717) is 17.5 Å². The fourth-order valence-electron chi connectivity index (χ4n) is 1.68. The molecule has 0 aliphatic carbocycles. The zero-order chi connectivity index (χ0) is 12.8. The van der Waals surface area contributed by atoms with E-state index in [1.165, 1.54) is 6.42 Å². The second kappa shape index (κ2) is 6.28. The summed E-state index contributed by atoms with van der Waals surface area (Å²) in [7, 11) is 0. The van der Waals surface area contributed by atoms with Gasteiger partial charge in [0, 0.05) is 11.7 Å². The zero-order valence-corrected chi connectivity index (χ0v) is 10.7. The first kappa shape index (κ1) is 13.6. The highest BCUT2D eigenvalue weighted by Gasteiger charge is 2.06. The van der Waals surface area contributed by atoms with Crippen LogP contribution in [0.2, 0.25) is 0 Å². The molecule has 0 spiro atoms. The lowest BCUT2D eigenvalue weighted by Crippen LogP contribution is -2.16. The minimum absolute atomic E-state index is 0.325. The Labute approximate surface area is 103 Å². The average molecular weight is 235 g/mol. The quantitative estimate of drug-likeness (QED) is 0.791. The van der Waals surface area contributed by atoms with E-state index in [4.69, 9.17) is 5.11 Å². The molecule has 0 saturated carbocycles. The van der Waals surface area contributed by atoms with Crippen LogP contribution in [0.1, 0.15) is 44.0 Å². The highest BCUT2D eigenvalue weighted by atomic mass is 16.4. The molecule has 3 heteroatoms. The second-order valence-electron chi connectivity index (χ2n) is 4.90. The Morgan fingerprint density at radius 1 is 1.29 bits per heavy atom. The number of anilines is 1. The van der Waals surface area contributed by atoms with E-state index in [9.17, 15) is 4.79 Å². The van der Waals surface area contributed by atoms with Gasteiger partial charge in [-0.3, -0.25) is 0 Å². The van der Waals surface area contributed by atoms with Gasteiger partial charge >= 0.3 is 5.97 Å². The monoisotopic (exact) mass is 235 g/mol. The highest BCUT2D eigenvalue weighted by Crippen LogP contribution is 2.15. The smallest absolute Gasteiger partial charge is 0.335 e. The van der Waals surface area contributed by atoms with E-state index in [1.54, 1.807) is 18.2 Å². The van der Waals surface area contributed by atoms with Gasteiger partial charge in [-0.1, -0.05) is 19.9 Å². The molecule has 94 valence electrons. The summed E-state index contributed by atoms with van der Waals surface area (Å²) in [5, 5.41) is 12.2. The molecule has 2 N–H and O–H groups in total. The topological polar surface area (TPSA) is 49.3 Å². The molecule has 0 heterocycles. The molecule has 0 fully saturated rings. The van der Waals surface area contributed by atoms with E-state index in [0.717, 1.165) is 12.1 Å². The number of aromatic carboxylic acids is 1. The van der Waals surface area contributed by atoms with Crippen molar-refractivity contribution in [3.05, 3.63) is 29.8 Å². The Balaban J connectivity index is 2.56. The number of carboxylic acid groups (broad SMARTS) is 1. The molecule has 1 unspecified atom stereocenters. The predicted molar refractivity (Wildman–Crippen MR) is 70.6 cm³/mol. The van der Waals surface area contributed by atoms with Crippen molar-refractivity contribution >= 4 is 11.7 Å². The maximum atomic E-state index is 10.8. The Kier molecular flexibility index (Phi) is 5.01. The van der Waals surface area contributed by atoms with Crippen LogP contribution in [-0.2, 0) is 0 Å². The van der Waals surface area contributed by atoms with Gasteiger partial charge in [-0.15, -0.1) is 0 Å². The van der Waals surface area contributed by atoms with Crippen molar-refractivity contribution in [2.45, 2.75) is 39.7 Å². The van der Waals surface area contributed by atoms with Crippen molar-refractivity contribution in [2.24, 2.45) is 5.92 Å². The maximum Gasteiger partial charge on any atom is 0.335 e. The summed E-state index contributed by atoms with van der Waals surface area (Å²) < 4.78 is 0. The SMILES string of the molecule is CC(C)CCC(C)Nc1cccc(C(=O)O)c1. The van der Waals surface area contributed by atoms with Crippen LogP contribution in [0.15, 0.2) is 24.3 Å². The molecule has 0 amide bonds. The zero-order valence-electron chi connectivity index (χ0n) is 10.7. The van der Waals surface area contributed by atoms with Crippen LogP contribution < -0.4 is 5.32 Å². The first-order chi connectivity index (χ1) is 7.99. The van der Waals surface area contributed by atoms with Crippen molar-refractivity contribution in [3.8, 4) is 0 Å². The second-order valence-corrected chi connectivity index (χ2v) is 4.90. The third-order valence-electron chi connectivity index (χ3n) is 2.70. The molecule has 0 aromatic heterocycles. The molecule has 1 atom stereocenters. The fraction of sp³-hybridized carbons (Fsp3) is 0.500. The number of nitrogens with one attached hydrogen (secondary N) is 1. The number of hydrogen-bond donors (Lipinski definition) is 2. The molecule has 1 aromatic rings. The molecule has 3 nitrogen and oxygen atoms in total. The predicted octanol–water partition coefficient (Wildman–Crippen LogP) is 3.62. The molecule has 1 rings (SSSR count). The average Bonchev–Trinajstić information content (AvgIpc) is 2.26. The number of benzene rings is 1. The van der Waals surface area contributed by atoms with E-state index in [2.05, 4.69) is 26.1 Å². The standard InChI is InChI=1S/C14H21NO2/c1-10(2)7-8-11(3)15-13-6-4-5-12(9-13)14(16)17/h4-6,9-11,15H,7-8H2,1-3H3,(H,16,17). The molecule has 0 radical (unpaired) electrons. The van der Waals surface area contributed by atoms with Crippen molar-refractivity contribution in [2.75, 3.05) is 5.32 Å². The van der Waals surface area contributed by atoms with Crippen LogP contribution in [0.25, 0.3) is 0 Å². The summed E-state index contributed by atoms with van der Waals surface area (Å²) in [5.41, 5.74) is 1.20. The van der Waals surface area contributed by atoms with Gasteiger partial charge in [0.2, 0.25) is 0 Å². The van der Waals surface area contributed by atoms with Crippen LogP contribution in [0.5, 0.6) is 0 Å². The van der Waals surface area contributed by atoms with Crippen LogP contribution in [-0.4, -0.2) is 17.1 Å². The minimum Gasteiger partial charge on any atom is -0.478 e. The first-order valence-corrected chi connectivity index (χ1v) is 6.09. The van der Waals surface area contributed by atoms with E-state index in [-0.39, 0.29) is 0 Å². The molecular weight excluding hydrogens is 214 g/mol. The number of rotatable bonds is 6. The van der Waals surface area contributed by atoms with E-state index >= 15 is 0 Å². The fourth-order valence-corrected chi connectivity index (χ4v) is 1.68. The summed E-state index contributed by atoms with van der Waals surface area (Å²) in [6.07, 6.45) is 2.27. The van der Waals surface area contributed by atoms with Gasteiger partial charge in [0.15, 0.2) is 0 Å².